The van der Waals surface area contributed by atoms with Gasteiger partial charge in [0.1, 0.15) is 5.25 Å². The maximum atomic E-state index is 12.2. The molecule has 1 amide bonds. The quantitative estimate of drug-likeness (QED) is 0.787. The highest BCUT2D eigenvalue weighted by Gasteiger charge is 2.33. The van der Waals surface area contributed by atoms with E-state index in [-0.39, 0.29) is 10.9 Å². The van der Waals surface area contributed by atoms with Crippen molar-refractivity contribution in [2.24, 2.45) is 0 Å². The Morgan fingerprint density at radius 2 is 1.89 bits per heavy atom. The molecule has 0 bridgehead atoms. The van der Waals surface area contributed by atoms with Crippen molar-refractivity contribution < 1.29 is 13.2 Å². The summed E-state index contributed by atoms with van der Waals surface area (Å²) >= 11 is 0. The van der Waals surface area contributed by atoms with Crippen LogP contribution in [0.2, 0.25) is 0 Å². The van der Waals surface area contributed by atoms with Gasteiger partial charge in [-0.2, -0.15) is 0 Å². The number of carbonyl (C=O) groups excluding carboxylic acids is 1. The monoisotopic (exact) mass is 268 g/mol. The summed E-state index contributed by atoms with van der Waals surface area (Å²) in [6, 6.07) is 6.02. The summed E-state index contributed by atoms with van der Waals surface area (Å²) < 4.78 is 24.4. The second kappa shape index (κ2) is 4.61. The van der Waals surface area contributed by atoms with Crippen LogP contribution in [0.5, 0.6) is 0 Å². The summed E-state index contributed by atoms with van der Waals surface area (Å²) in [4.78, 5) is 11.9. The molecule has 1 fully saturated rings. The Bertz CT molecular complexity index is 547. The zero-order valence-corrected chi connectivity index (χ0v) is 10.9. The Morgan fingerprint density at radius 3 is 2.39 bits per heavy atom. The number of nitrogen functional groups attached to an aromatic ring is 1. The lowest BCUT2D eigenvalue weighted by molar-refractivity contribution is -0.120. The van der Waals surface area contributed by atoms with Gasteiger partial charge < -0.3 is 11.1 Å². The van der Waals surface area contributed by atoms with E-state index in [1.54, 1.807) is 0 Å². The van der Waals surface area contributed by atoms with Gasteiger partial charge in [0.25, 0.3) is 0 Å². The third kappa shape index (κ3) is 2.64. The van der Waals surface area contributed by atoms with Crippen molar-refractivity contribution in [3.8, 4) is 0 Å². The minimum absolute atomic E-state index is 0.121. The standard InChI is InChI=1S/C12H16N2O3S/c1-8(12(15)14-10-4-5-10)18(16,17)11-6-2-9(13)3-7-11/h2-3,6-8,10H,4-5,13H2,1H3,(H,14,15). The van der Waals surface area contributed by atoms with E-state index in [0.29, 0.717) is 5.69 Å². The Labute approximate surface area is 106 Å². The molecule has 1 saturated carbocycles. The second-order valence-electron chi connectivity index (χ2n) is 4.54. The van der Waals surface area contributed by atoms with Gasteiger partial charge in [-0.3, -0.25) is 4.79 Å². The summed E-state index contributed by atoms with van der Waals surface area (Å²) in [6.07, 6.45) is 1.86. The van der Waals surface area contributed by atoms with Gasteiger partial charge in [0, 0.05) is 11.7 Å². The zero-order valence-electron chi connectivity index (χ0n) is 10.1. The molecule has 6 heteroatoms. The average molecular weight is 268 g/mol. The van der Waals surface area contributed by atoms with Crippen molar-refractivity contribution in [3.63, 3.8) is 0 Å². The van der Waals surface area contributed by atoms with Crippen LogP contribution >= 0.6 is 0 Å². The van der Waals surface area contributed by atoms with Crippen LogP contribution in [0.15, 0.2) is 29.2 Å². The molecule has 5 nitrogen and oxygen atoms in total. The smallest absolute Gasteiger partial charge is 0.238 e. The highest BCUT2D eigenvalue weighted by molar-refractivity contribution is 7.92. The molecule has 1 aromatic carbocycles. The molecule has 1 aliphatic rings. The van der Waals surface area contributed by atoms with Crippen molar-refractivity contribution in [1.29, 1.82) is 0 Å². The van der Waals surface area contributed by atoms with E-state index in [1.165, 1.54) is 31.2 Å². The van der Waals surface area contributed by atoms with Gasteiger partial charge in [-0.05, 0) is 44.0 Å². The van der Waals surface area contributed by atoms with E-state index in [2.05, 4.69) is 5.32 Å². The van der Waals surface area contributed by atoms with Crippen LogP contribution in [0, 0.1) is 0 Å². The Morgan fingerprint density at radius 1 is 1.33 bits per heavy atom. The van der Waals surface area contributed by atoms with Gasteiger partial charge in [-0.1, -0.05) is 0 Å². The molecule has 1 aromatic rings. The van der Waals surface area contributed by atoms with E-state index >= 15 is 0 Å². The predicted molar refractivity (Wildman–Crippen MR) is 68.7 cm³/mol. The number of nitrogens with two attached hydrogens (primary N) is 1. The van der Waals surface area contributed by atoms with Gasteiger partial charge in [0.2, 0.25) is 5.91 Å². The number of nitrogens with one attached hydrogen (secondary N) is 1. The van der Waals surface area contributed by atoms with Crippen LogP contribution in [0.1, 0.15) is 19.8 Å². The Hall–Kier alpha value is -1.56. The normalized spacial score (nSPS) is 17.2. The van der Waals surface area contributed by atoms with Gasteiger partial charge in [0.15, 0.2) is 9.84 Å². The van der Waals surface area contributed by atoms with Gasteiger partial charge >= 0.3 is 0 Å². The van der Waals surface area contributed by atoms with Crippen LogP contribution in [-0.4, -0.2) is 25.6 Å². The number of rotatable bonds is 4. The molecule has 0 aliphatic heterocycles. The van der Waals surface area contributed by atoms with E-state index in [1.807, 2.05) is 0 Å². The Balaban J connectivity index is 2.18. The molecule has 1 aliphatic carbocycles. The van der Waals surface area contributed by atoms with Gasteiger partial charge in [0.05, 0.1) is 4.90 Å². The zero-order chi connectivity index (χ0) is 13.3. The van der Waals surface area contributed by atoms with E-state index in [4.69, 9.17) is 5.73 Å². The molecule has 18 heavy (non-hydrogen) atoms. The van der Waals surface area contributed by atoms with Crippen molar-refractivity contribution in [2.45, 2.75) is 36.0 Å². The molecule has 2 rings (SSSR count). The van der Waals surface area contributed by atoms with E-state index in [9.17, 15) is 13.2 Å². The van der Waals surface area contributed by atoms with Crippen molar-refractivity contribution >= 4 is 21.4 Å². The summed E-state index contributed by atoms with van der Waals surface area (Å²) in [5.74, 6) is -0.436. The van der Waals surface area contributed by atoms with Gasteiger partial charge in [-0.15, -0.1) is 0 Å². The van der Waals surface area contributed by atoms with Gasteiger partial charge in [-0.25, -0.2) is 8.42 Å². The molecule has 3 N–H and O–H groups in total. The third-order valence-electron chi connectivity index (χ3n) is 2.97. The molecule has 1 unspecified atom stereocenters. The lowest BCUT2D eigenvalue weighted by Gasteiger charge is -2.13. The number of carbonyl (C=O) groups is 1. The first-order valence-corrected chi connectivity index (χ1v) is 7.35. The summed E-state index contributed by atoms with van der Waals surface area (Å²) in [6.45, 7) is 1.41. The summed E-state index contributed by atoms with van der Waals surface area (Å²) in [5, 5.41) is 1.62. The molecule has 1 atom stereocenters. The molecule has 0 heterocycles. The number of hydrogen-bond donors (Lipinski definition) is 2. The summed E-state index contributed by atoms with van der Waals surface area (Å²) in [7, 11) is -3.64. The molecule has 0 radical (unpaired) electrons. The minimum atomic E-state index is -3.64. The van der Waals surface area contributed by atoms with Crippen LogP contribution in [0.3, 0.4) is 0 Å². The largest absolute Gasteiger partial charge is 0.399 e. The predicted octanol–water partition coefficient (Wildman–Crippen LogP) is 0.710. The molecular formula is C12H16N2O3S. The SMILES string of the molecule is CC(C(=O)NC1CC1)S(=O)(=O)c1ccc(N)cc1. The lowest BCUT2D eigenvalue weighted by atomic mass is 10.3. The molecule has 98 valence electrons. The molecule has 0 saturated heterocycles. The second-order valence-corrected chi connectivity index (χ2v) is 6.81. The molecule has 0 aromatic heterocycles. The third-order valence-corrected chi connectivity index (χ3v) is 5.04. The number of sulfone groups is 1. The first-order chi connectivity index (χ1) is 8.41. The highest BCUT2D eigenvalue weighted by Crippen LogP contribution is 2.21. The molecule has 0 spiro atoms. The fraction of sp³-hybridized carbons (Fsp3) is 0.417. The number of anilines is 1. The Kier molecular flexibility index (Phi) is 3.30. The van der Waals surface area contributed by atoms with Crippen molar-refractivity contribution in [1.82, 2.24) is 5.32 Å². The van der Waals surface area contributed by atoms with E-state index < -0.39 is 21.0 Å². The minimum Gasteiger partial charge on any atom is -0.399 e. The number of amides is 1. The van der Waals surface area contributed by atoms with E-state index in [0.717, 1.165) is 12.8 Å². The maximum Gasteiger partial charge on any atom is 0.238 e. The maximum absolute atomic E-state index is 12.2. The summed E-state index contributed by atoms with van der Waals surface area (Å²) in [5.41, 5.74) is 6.00. The first-order valence-electron chi connectivity index (χ1n) is 5.81. The first kappa shape index (κ1) is 12.9. The fourth-order valence-electron chi connectivity index (χ4n) is 1.55. The topological polar surface area (TPSA) is 89.3 Å². The average Bonchev–Trinajstić information content (AvgIpc) is 3.12. The van der Waals surface area contributed by atoms with Crippen LogP contribution in [-0.2, 0) is 14.6 Å². The van der Waals surface area contributed by atoms with Crippen molar-refractivity contribution in [2.75, 3.05) is 5.73 Å². The highest BCUT2D eigenvalue weighted by atomic mass is 32.2. The lowest BCUT2D eigenvalue weighted by Crippen LogP contribution is -2.38. The van der Waals surface area contributed by atoms with Crippen LogP contribution in [0.25, 0.3) is 0 Å². The number of benzene rings is 1. The van der Waals surface area contributed by atoms with Crippen molar-refractivity contribution in [3.05, 3.63) is 24.3 Å². The fourth-order valence-corrected chi connectivity index (χ4v) is 2.82. The number of hydrogen-bond acceptors (Lipinski definition) is 4. The molecular weight excluding hydrogens is 252 g/mol. The van der Waals surface area contributed by atoms with Crippen LogP contribution < -0.4 is 11.1 Å². The van der Waals surface area contributed by atoms with Crippen LogP contribution in [0.4, 0.5) is 5.69 Å².